The second-order valence-corrected chi connectivity index (χ2v) is 4.26. The van der Waals surface area contributed by atoms with Crippen LogP contribution in [-0.4, -0.2) is 25.2 Å². The molecule has 1 atom stereocenters. The number of nitrogens with zero attached hydrogens (tertiary/aromatic N) is 2. The minimum absolute atomic E-state index is 0.241. The average molecular weight is 232 g/mol. The zero-order valence-corrected chi connectivity index (χ0v) is 10.4. The standard InChI is InChI=1S/C13H16N2O2/c1-9-4-10-5-12(16-2)13(17-3)6-11(10)7-15(9)8-14/h5-6,9H,4,7H2,1-3H3/t9-/m0/s1. The first-order valence-corrected chi connectivity index (χ1v) is 5.59. The van der Waals surface area contributed by atoms with E-state index in [4.69, 9.17) is 14.7 Å². The molecule has 0 N–H and O–H groups in total. The van der Waals surface area contributed by atoms with Gasteiger partial charge in [-0.2, -0.15) is 5.26 Å². The third-order valence-corrected chi connectivity index (χ3v) is 3.22. The zero-order chi connectivity index (χ0) is 12.4. The van der Waals surface area contributed by atoms with E-state index in [1.807, 2.05) is 12.1 Å². The minimum atomic E-state index is 0.241. The molecule has 1 aliphatic rings. The molecule has 2 rings (SSSR count). The van der Waals surface area contributed by atoms with Crippen molar-refractivity contribution in [2.75, 3.05) is 14.2 Å². The van der Waals surface area contributed by atoms with Crippen molar-refractivity contribution in [1.29, 1.82) is 5.26 Å². The van der Waals surface area contributed by atoms with E-state index in [2.05, 4.69) is 13.1 Å². The van der Waals surface area contributed by atoms with Gasteiger partial charge in [0.2, 0.25) is 0 Å². The van der Waals surface area contributed by atoms with E-state index in [1.165, 1.54) is 5.56 Å². The largest absolute Gasteiger partial charge is 0.493 e. The maximum atomic E-state index is 9.03. The van der Waals surface area contributed by atoms with Crippen LogP contribution in [0.5, 0.6) is 11.5 Å². The molecular weight excluding hydrogens is 216 g/mol. The van der Waals surface area contributed by atoms with E-state index in [0.29, 0.717) is 6.54 Å². The second-order valence-electron chi connectivity index (χ2n) is 4.26. The first-order chi connectivity index (χ1) is 8.19. The van der Waals surface area contributed by atoms with Gasteiger partial charge in [-0.1, -0.05) is 0 Å². The van der Waals surface area contributed by atoms with Crippen molar-refractivity contribution in [3.05, 3.63) is 23.3 Å². The Balaban J connectivity index is 2.42. The fourth-order valence-electron chi connectivity index (χ4n) is 2.20. The Labute approximate surface area is 101 Å². The van der Waals surface area contributed by atoms with Crippen molar-refractivity contribution < 1.29 is 9.47 Å². The van der Waals surface area contributed by atoms with Crippen LogP contribution in [0.4, 0.5) is 0 Å². The van der Waals surface area contributed by atoms with Gasteiger partial charge in [0.1, 0.15) is 0 Å². The Morgan fingerprint density at radius 2 is 1.82 bits per heavy atom. The van der Waals surface area contributed by atoms with Crippen LogP contribution in [-0.2, 0) is 13.0 Å². The molecule has 0 fully saturated rings. The van der Waals surface area contributed by atoms with Crippen molar-refractivity contribution in [2.24, 2.45) is 0 Å². The second kappa shape index (κ2) is 4.54. The smallest absolute Gasteiger partial charge is 0.179 e. The maximum Gasteiger partial charge on any atom is 0.179 e. The van der Waals surface area contributed by atoms with Crippen LogP contribution in [0.1, 0.15) is 18.1 Å². The van der Waals surface area contributed by atoms with E-state index < -0.39 is 0 Å². The molecule has 1 aromatic rings. The summed E-state index contributed by atoms with van der Waals surface area (Å²) in [4.78, 5) is 1.79. The third kappa shape index (κ3) is 2.01. The molecule has 0 radical (unpaired) electrons. The zero-order valence-electron chi connectivity index (χ0n) is 10.4. The number of methoxy groups -OCH3 is 2. The monoisotopic (exact) mass is 232 g/mol. The topological polar surface area (TPSA) is 45.5 Å². The summed E-state index contributed by atoms with van der Waals surface area (Å²) in [5.74, 6) is 1.47. The van der Waals surface area contributed by atoms with Gasteiger partial charge in [0, 0.05) is 6.04 Å². The van der Waals surface area contributed by atoms with Gasteiger partial charge in [0.15, 0.2) is 17.7 Å². The molecule has 1 heterocycles. The van der Waals surface area contributed by atoms with Crippen LogP contribution in [0.25, 0.3) is 0 Å². The van der Waals surface area contributed by atoms with Gasteiger partial charge in [-0.25, -0.2) is 0 Å². The molecule has 0 aromatic heterocycles. The van der Waals surface area contributed by atoms with E-state index >= 15 is 0 Å². The summed E-state index contributed by atoms with van der Waals surface area (Å²) in [6.45, 7) is 2.70. The fourth-order valence-corrected chi connectivity index (χ4v) is 2.20. The lowest BCUT2D eigenvalue weighted by molar-refractivity contribution is 0.276. The number of ether oxygens (including phenoxy) is 2. The Morgan fingerprint density at radius 1 is 1.24 bits per heavy atom. The highest BCUT2D eigenvalue weighted by Crippen LogP contribution is 2.34. The quantitative estimate of drug-likeness (QED) is 0.731. The molecule has 0 saturated heterocycles. The molecule has 0 unspecified atom stereocenters. The van der Waals surface area contributed by atoms with Gasteiger partial charge in [-0.05, 0) is 36.6 Å². The maximum absolute atomic E-state index is 9.03. The van der Waals surface area contributed by atoms with Crippen LogP contribution < -0.4 is 9.47 Å². The van der Waals surface area contributed by atoms with E-state index in [-0.39, 0.29) is 6.04 Å². The molecule has 0 amide bonds. The van der Waals surface area contributed by atoms with Gasteiger partial charge < -0.3 is 14.4 Å². The highest BCUT2D eigenvalue weighted by Gasteiger charge is 2.23. The van der Waals surface area contributed by atoms with Crippen molar-refractivity contribution >= 4 is 0 Å². The van der Waals surface area contributed by atoms with Crippen LogP contribution in [0.3, 0.4) is 0 Å². The Kier molecular flexibility index (Phi) is 3.10. The van der Waals surface area contributed by atoms with E-state index in [1.54, 1.807) is 19.1 Å². The van der Waals surface area contributed by atoms with E-state index in [9.17, 15) is 0 Å². The average Bonchev–Trinajstić information content (AvgIpc) is 2.36. The van der Waals surface area contributed by atoms with Crippen molar-refractivity contribution in [3.8, 4) is 17.7 Å². The predicted molar refractivity (Wildman–Crippen MR) is 63.9 cm³/mol. The number of fused-ring (bicyclic) bond motifs is 1. The minimum Gasteiger partial charge on any atom is -0.493 e. The van der Waals surface area contributed by atoms with Crippen molar-refractivity contribution in [2.45, 2.75) is 25.9 Å². The van der Waals surface area contributed by atoms with Gasteiger partial charge in [-0.15, -0.1) is 0 Å². The first kappa shape index (κ1) is 11.6. The summed E-state index contributed by atoms with van der Waals surface area (Å²) >= 11 is 0. The van der Waals surface area contributed by atoms with Gasteiger partial charge in [0.25, 0.3) is 0 Å². The number of rotatable bonds is 2. The van der Waals surface area contributed by atoms with Crippen LogP contribution >= 0.6 is 0 Å². The summed E-state index contributed by atoms with van der Waals surface area (Å²) in [6, 6.07) is 4.22. The Bertz CT molecular complexity index is 465. The summed E-state index contributed by atoms with van der Waals surface area (Å²) in [6.07, 6.45) is 3.09. The molecule has 90 valence electrons. The lowest BCUT2D eigenvalue weighted by Crippen LogP contribution is -2.34. The van der Waals surface area contributed by atoms with Crippen LogP contribution in [0.2, 0.25) is 0 Å². The third-order valence-electron chi connectivity index (χ3n) is 3.22. The molecular formula is C13H16N2O2. The molecule has 0 saturated carbocycles. The molecule has 0 bridgehead atoms. The summed E-state index contributed by atoms with van der Waals surface area (Å²) in [5.41, 5.74) is 2.38. The van der Waals surface area contributed by atoms with E-state index in [0.717, 1.165) is 23.5 Å². The lowest BCUT2D eigenvalue weighted by Gasteiger charge is -2.31. The Morgan fingerprint density at radius 3 is 2.35 bits per heavy atom. The first-order valence-electron chi connectivity index (χ1n) is 5.59. The van der Waals surface area contributed by atoms with Crippen molar-refractivity contribution in [1.82, 2.24) is 4.90 Å². The molecule has 1 aliphatic heterocycles. The highest BCUT2D eigenvalue weighted by molar-refractivity contribution is 5.48. The summed E-state index contributed by atoms with van der Waals surface area (Å²) < 4.78 is 10.6. The number of hydrogen-bond acceptors (Lipinski definition) is 4. The Hall–Kier alpha value is -1.89. The summed E-state index contributed by atoms with van der Waals surface area (Å²) in [5, 5.41) is 9.03. The van der Waals surface area contributed by atoms with Gasteiger partial charge in [-0.3, -0.25) is 0 Å². The lowest BCUT2D eigenvalue weighted by atomic mass is 9.94. The predicted octanol–water partition coefficient (Wildman–Crippen LogP) is 1.93. The number of hydrogen-bond donors (Lipinski definition) is 0. The SMILES string of the molecule is COc1cc2c(cc1OC)CN(C#N)[C@@H](C)C2. The van der Waals surface area contributed by atoms with Crippen LogP contribution in [0.15, 0.2) is 12.1 Å². The number of nitriles is 1. The number of benzene rings is 1. The molecule has 0 aliphatic carbocycles. The molecule has 4 nitrogen and oxygen atoms in total. The van der Waals surface area contributed by atoms with Gasteiger partial charge >= 0.3 is 0 Å². The summed E-state index contributed by atoms with van der Waals surface area (Å²) in [7, 11) is 3.26. The molecule has 17 heavy (non-hydrogen) atoms. The van der Waals surface area contributed by atoms with Crippen LogP contribution in [0, 0.1) is 11.5 Å². The molecule has 4 heteroatoms. The molecule has 0 spiro atoms. The normalized spacial score (nSPS) is 18.2. The van der Waals surface area contributed by atoms with Crippen molar-refractivity contribution in [3.63, 3.8) is 0 Å². The highest BCUT2D eigenvalue weighted by atomic mass is 16.5. The van der Waals surface area contributed by atoms with Gasteiger partial charge in [0.05, 0.1) is 20.8 Å². The fraction of sp³-hybridized carbons (Fsp3) is 0.462. The molecule has 1 aromatic carbocycles.